The third-order valence-corrected chi connectivity index (χ3v) is 5.66. The third kappa shape index (κ3) is 4.27. The molecule has 0 saturated heterocycles. The lowest BCUT2D eigenvalue weighted by atomic mass is 10.1. The number of alkyl halides is 1. The second kappa shape index (κ2) is 7.68. The van der Waals surface area contributed by atoms with Crippen molar-refractivity contribution in [2.24, 2.45) is 0 Å². The van der Waals surface area contributed by atoms with Gasteiger partial charge in [0.15, 0.2) is 0 Å². The monoisotopic (exact) mass is 364 g/mol. The molecule has 0 aliphatic carbocycles. The summed E-state index contributed by atoms with van der Waals surface area (Å²) in [6.07, 6.45) is 0. The number of nitrogens with one attached hydrogen (secondary N) is 1. The Kier molecular flexibility index (Phi) is 5.85. The average Bonchev–Trinajstić information content (AvgIpc) is 2.56. The first-order valence-electron chi connectivity index (χ1n) is 7.27. The zero-order valence-corrected chi connectivity index (χ0v) is 14.8. The Balaban J connectivity index is 2.18. The predicted octanol–water partition coefficient (Wildman–Crippen LogP) is 4.71. The Morgan fingerprint density at radius 1 is 1.21 bits per heavy atom. The molecule has 0 bridgehead atoms. The highest BCUT2D eigenvalue weighted by Gasteiger charge is 2.39. The van der Waals surface area contributed by atoms with Crippen LogP contribution in [0.2, 0.25) is 0 Å². The van der Waals surface area contributed by atoms with Gasteiger partial charge in [-0.1, -0.05) is 18.2 Å². The summed E-state index contributed by atoms with van der Waals surface area (Å²) < 4.78 is -0.898. The SMILES string of the molecule is CC(Cl)C(C)(Sc1ccccc1)C(=O)Nc1ccc([N+](=O)[O-])cc1. The quantitative estimate of drug-likeness (QED) is 0.348. The summed E-state index contributed by atoms with van der Waals surface area (Å²) in [7, 11) is 0. The van der Waals surface area contributed by atoms with Gasteiger partial charge in [0.1, 0.15) is 4.75 Å². The molecular formula is C17H17ClN2O3S. The smallest absolute Gasteiger partial charge is 0.269 e. The summed E-state index contributed by atoms with van der Waals surface area (Å²) in [5.41, 5.74) is 0.461. The first-order valence-corrected chi connectivity index (χ1v) is 8.52. The van der Waals surface area contributed by atoms with E-state index in [4.69, 9.17) is 11.6 Å². The second-order valence-electron chi connectivity index (χ2n) is 5.40. The maximum absolute atomic E-state index is 12.7. The minimum absolute atomic E-state index is 0.0277. The van der Waals surface area contributed by atoms with E-state index in [-0.39, 0.29) is 11.6 Å². The molecule has 2 aromatic carbocycles. The molecule has 0 heterocycles. The lowest BCUT2D eigenvalue weighted by molar-refractivity contribution is -0.384. The van der Waals surface area contributed by atoms with Crippen molar-refractivity contribution in [1.82, 2.24) is 0 Å². The maximum Gasteiger partial charge on any atom is 0.269 e. The fourth-order valence-electron chi connectivity index (χ4n) is 1.96. The number of anilines is 1. The van der Waals surface area contributed by atoms with Gasteiger partial charge >= 0.3 is 0 Å². The Bertz CT molecular complexity index is 722. The van der Waals surface area contributed by atoms with E-state index in [0.717, 1.165) is 4.90 Å². The predicted molar refractivity (Wildman–Crippen MR) is 97.7 cm³/mol. The molecule has 0 aliphatic rings. The fraction of sp³-hybridized carbons (Fsp3) is 0.235. The molecule has 0 spiro atoms. The molecule has 2 atom stereocenters. The van der Waals surface area contributed by atoms with Crippen molar-refractivity contribution >= 4 is 40.6 Å². The number of nitro groups is 1. The highest BCUT2D eigenvalue weighted by atomic mass is 35.5. The Morgan fingerprint density at radius 3 is 2.29 bits per heavy atom. The summed E-state index contributed by atoms with van der Waals surface area (Å²) >= 11 is 7.67. The van der Waals surface area contributed by atoms with Crippen LogP contribution in [0.5, 0.6) is 0 Å². The normalized spacial score (nSPS) is 14.5. The Morgan fingerprint density at radius 2 is 1.79 bits per heavy atom. The van der Waals surface area contributed by atoms with E-state index in [0.29, 0.717) is 5.69 Å². The van der Waals surface area contributed by atoms with Gasteiger partial charge in [0.2, 0.25) is 5.91 Å². The van der Waals surface area contributed by atoms with E-state index in [2.05, 4.69) is 5.32 Å². The molecule has 1 N–H and O–H groups in total. The molecule has 0 saturated carbocycles. The van der Waals surface area contributed by atoms with Crippen molar-refractivity contribution in [3.63, 3.8) is 0 Å². The molecule has 0 radical (unpaired) electrons. The van der Waals surface area contributed by atoms with Crippen LogP contribution in [0.1, 0.15) is 13.8 Å². The number of amides is 1. The van der Waals surface area contributed by atoms with Gasteiger partial charge in [-0.15, -0.1) is 23.4 Å². The van der Waals surface area contributed by atoms with Crippen molar-refractivity contribution in [1.29, 1.82) is 0 Å². The lowest BCUT2D eigenvalue weighted by Gasteiger charge is -2.30. The molecule has 2 unspecified atom stereocenters. The van der Waals surface area contributed by atoms with Crippen LogP contribution in [0, 0.1) is 10.1 Å². The number of thioether (sulfide) groups is 1. The molecule has 24 heavy (non-hydrogen) atoms. The second-order valence-corrected chi connectivity index (χ2v) is 7.57. The Hall–Kier alpha value is -2.05. The van der Waals surface area contributed by atoms with Crippen molar-refractivity contribution in [2.45, 2.75) is 28.9 Å². The number of benzene rings is 2. The molecule has 2 aromatic rings. The van der Waals surface area contributed by atoms with E-state index in [1.807, 2.05) is 30.3 Å². The van der Waals surface area contributed by atoms with Crippen LogP contribution >= 0.6 is 23.4 Å². The standard InChI is InChI=1S/C17H17ClN2O3S/c1-12(18)17(2,24-15-6-4-3-5-7-15)16(21)19-13-8-10-14(11-9-13)20(22)23/h3-12H,1-2H3,(H,19,21). The summed E-state index contributed by atoms with van der Waals surface area (Å²) in [5, 5.41) is 13.0. The van der Waals surface area contributed by atoms with E-state index in [9.17, 15) is 14.9 Å². The summed E-state index contributed by atoms with van der Waals surface area (Å²) in [6, 6.07) is 15.2. The van der Waals surface area contributed by atoms with Gasteiger partial charge in [0.05, 0.1) is 10.3 Å². The van der Waals surface area contributed by atoms with Crippen LogP contribution in [-0.4, -0.2) is 21.0 Å². The first-order chi connectivity index (χ1) is 11.3. The van der Waals surface area contributed by atoms with Gasteiger partial charge in [-0.2, -0.15) is 0 Å². The lowest BCUT2D eigenvalue weighted by Crippen LogP contribution is -2.43. The number of halogens is 1. The number of rotatable bonds is 6. The summed E-state index contributed by atoms with van der Waals surface area (Å²) in [4.78, 5) is 23.9. The summed E-state index contributed by atoms with van der Waals surface area (Å²) in [6.45, 7) is 3.55. The topological polar surface area (TPSA) is 72.2 Å². The zero-order valence-electron chi connectivity index (χ0n) is 13.2. The third-order valence-electron chi connectivity index (χ3n) is 3.62. The molecule has 7 heteroatoms. The highest BCUT2D eigenvalue weighted by molar-refractivity contribution is 8.01. The molecule has 0 aliphatic heterocycles. The number of nitrogens with zero attached hydrogens (tertiary/aromatic N) is 1. The van der Waals surface area contributed by atoms with E-state index in [1.165, 1.54) is 36.0 Å². The molecule has 0 fully saturated rings. The van der Waals surface area contributed by atoms with Gasteiger partial charge in [0, 0.05) is 22.7 Å². The van der Waals surface area contributed by atoms with Gasteiger partial charge in [-0.3, -0.25) is 14.9 Å². The average molecular weight is 365 g/mol. The van der Waals surface area contributed by atoms with Crippen molar-refractivity contribution in [3.05, 3.63) is 64.7 Å². The van der Waals surface area contributed by atoms with Crippen LogP contribution in [-0.2, 0) is 4.79 Å². The van der Waals surface area contributed by atoms with Crippen molar-refractivity contribution in [2.75, 3.05) is 5.32 Å². The van der Waals surface area contributed by atoms with Crippen LogP contribution in [0.3, 0.4) is 0 Å². The number of hydrogen-bond acceptors (Lipinski definition) is 4. The molecule has 0 aromatic heterocycles. The van der Waals surface area contributed by atoms with E-state index >= 15 is 0 Å². The van der Waals surface area contributed by atoms with Crippen LogP contribution in [0.4, 0.5) is 11.4 Å². The van der Waals surface area contributed by atoms with Gasteiger partial charge in [-0.05, 0) is 38.1 Å². The number of nitro benzene ring substituents is 1. The molecule has 2 rings (SSSR count). The fourth-order valence-corrected chi connectivity index (χ4v) is 3.28. The molecule has 126 valence electrons. The van der Waals surface area contributed by atoms with Crippen LogP contribution in [0.15, 0.2) is 59.5 Å². The van der Waals surface area contributed by atoms with Gasteiger partial charge in [-0.25, -0.2) is 0 Å². The first kappa shape index (κ1) is 18.3. The molecule has 1 amide bonds. The van der Waals surface area contributed by atoms with Crippen molar-refractivity contribution in [3.8, 4) is 0 Å². The Labute approximate surface area is 149 Å². The highest BCUT2D eigenvalue weighted by Crippen LogP contribution is 2.38. The van der Waals surface area contributed by atoms with Gasteiger partial charge < -0.3 is 5.32 Å². The number of hydrogen-bond donors (Lipinski definition) is 1. The van der Waals surface area contributed by atoms with E-state index < -0.39 is 15.0 Å². The number of non-ortho nitro benzene ring substituents is 1. The largest absolute Gasteiger partial charge is 0.325 e. The minimum Gasteiger partial charge on any atom is -0.325 e. The van der Waals surface area contributed by atoms with Crippen LogP contribution < -0.4 is 5.32 Å². The van der Waals surface area contributed by atoms with Crippen LogP contribution in [0.25, 0.3) is 0 Å². The molecule has 5 nitrogen and oxygen atoms in total. The minimum atomic E-state index is -0.898. The number of carbonyl (C=O) groups is 1. The maximum atomic E-state index is 12.7. The zero-order chi connectivity index (χ0) is 17.7. The van der Waals surface area contributed by atoms with E-state index in [1.54, 1.807) is 13.8 Å². The molecular weight excluding hydrogens is 348 g/mol. The van der Waals surface area contributed by atoms with Gasteiger partial charge in [0.25, 0.3) is 5.69 Å². The summed E-state index contributed by atoms with van der Waals surface area (Å²) in [5.74, 6) is -0.257. The number of carbonyl (C=O) groups excluding carboxylic acids is 1. The van der Waals surface area contributed by atoms with Crippen molar-refractivity contribution < 1.29 is 9.72 Å².